The molecule has 0 amide bonds. The molecule has 2 aromatic rings. The molecule has 0 aliphatic heterocycles. The van der Waals surface area contributed by atoms with Crippen LogP contribution >= 0.6 is 0 Å². The molecular formula is C17H19NO2S. The van der Waals surface area contributed by atoms with Crippen LogP contribution in [0.1, 0.15) is 29.9 Å². The third-order valence-electron chi connectivity index (χ3n) is 3.84. The number of anilines is 1. The zero-order chi connectivity index (χ0) is 14.9. The van der Waals surface area contributed by atoms with Crippen molar-refractivity contribution in [2.24, 2.45) is 0 Å². The third kappa shape index (κ3) is 3.45. The predicted octanol–water partition coefficient (Wildman–Crippen LogP) is 3.58. The van der Waals surface area contributed by atoms with Gasteiger partial charge in [0, 0.05) is 18.5 Å². The Morgan fingerprint density at radius 2 is 1.71 bits per heavy atom. The second-order valence-corrected chi connectivity index (χ2v) is 7.64. The van der Waals surface area contributed by atoms with Crippen LogP contribution in [0.15, 0.2) is 53.4 Å². The van der Waals surface area contributed by atoms with Crippen LogP contribution in [0, 0.1) is 0 Å². The van der Waals surface area contributed by atoms with Crippen molar-refractivity contribution in [3.8, 4) is 0 Å². The summed E-state index contributed by atoms with van der Waals surface area (Å²) in [5, 5.41) is 3.37. The van der Waals surface area contributed by atoms with E-state index in [9.17, 15) is 8.42 Å². The molecule has 0 heterocycles. The van der Waals surface area contributed by atoms with Crippen LogP contribution in [0.2, 0.25) is 0 Å². The molecule has 110 valence electrons. The van der Waals surface area contributed by atoms with E-state index in [1.54, 1.807) is 12.1 Å². The molecule has 21 heavy (non-hydrogen) atoms. The van der Waals surface area contributed by atoms with Gasteiger partial charge < -0.3 is 5.32 Å². The maximum Gasteiger partial charge on any atom is 0.175 e. The van der Waals surface area contributed by atoms with Gasteiger partial charge in [-0.15, -0.1) is 0 Å². The van der Waals surface area contributed by atoms with Gasteiger partial charge in [0.1, 0.15) is 0 Å². The van der Waals surface area contributed by atoms with Crippen LogP contribution in [-0.4, -0.2) is 14.7 Å². The van der Waals surface area contributed by atoms with Crippen molar-refractivity contribution in [2.75, 3.05) is 11.6 Å². The van der Waals surface area contributed by atoms with E-state index in [1.807, 2.05) is 12.1 Å². The van der Waals surface area contributed by atoms with Crippen LogP contribution < -0.4 is 5.32 Å². The molecule has 0 atom stereocenters. The molecule has 4 heteroatoms. The third-order valence-corrected chi connectivity index (χ3v) is 4.97. The molecule has 0 bridgehead atoms. The van der Waals surface area contributed by atoms with Crippen LogP contribution in [-0.2, 0) is 16.4 Å². The summed E-state index contributed by atoms with van der Waals surface area (Å²) in [4.78, 5) is 0.353. The Hall–Kier alpha value is -1.81. The Bertz CT molecular complexity index is 732. The lowest BCUT2D eigenvalue weighted by Crippen LogP contribution is -2.03. The van der Waals surface area contributed by atoms with Crippen LogP contribution in [0.3, 0.4) is 0 Å². The summed E-state index contributed by atoms with van der Waals surface area (Å²) in [7, 11) is -3.12. The lowest BCUT2D eigenvalue weighted by molar-refractivity contribution is 0.602. The molecule has 1 saturated carbocycles. The van der Waals surface area contributed by atoms with Gasteiger partial charge in [-0.3, -0.25) is 0 Å². The normalized spacial score (nSPS) is 14.9. The average molecular weight is 301 g/mol. The monoisotopic (exact) mass is 301 g/mol. The first-order chi connectivity index (χ1) is 10.0. The minimum absolute atomic E-state index is 0.353. The molecule has 1 N–H and O–H groups in total. The molecule has 3 rings (SSSR count). The topological polar surface area (TPSA) is 46.2 Å². The highest BCUT2D eigenvalue weighted by Crippen LogP contribution is 2.41. The van der Waals surface area contributed by atoms with Gasteiger partial charge in [0.15, 0.2) is 9.84 Å². The summed E-state index contributed by atoms with van der Waals surface area (Å²) in [6.07, 6.45) is 3.81. The maximum absolute atomic E-state index is 11.4. The highest BCUT2D eigenvalue weighted by molar-refractivity contribution is 7.90. The standard InChI is InChI=1S/C17H19NO2S/c1-21(19,20)16-10-8-15(9-11-16)18-12-14-4-2-3-5-17(14)13-6-7-13/h2-5,8-11,13,18H,6-7,12H2,1H3. The van der Waals surface area contributed by atoms with Gasteiger partial charge in [-0.05, 0) is 54.2 Å². The Kier molecular flexibility index (Phi) is 3.72. The van der Waals surface area contributed by atoms with Crippen molar-refractivity contribution in [3.05, 3.63) is 59.7 Å². The average Bonchev–Trinajstić information content (AvgIpc) is 3.29. The van der Waals surface area contributed by atoms with Gasteiger partial charge in [0.25, 0.3) is 0 Å². The van der Waals surface area contributed by atoms with E-state index in [0.717, 1.165) is 18.2 Å². The van der Waals surface area contributed by atoms with E-state index in [2.05, 4.69) is 29.6 Å². The number of hydrogen-bond acceptors (Lipinski definition) is 3. The van der Waals surface area contributed by atoms with Gasteiger partial charge in [-0.2, -0.15) is 0 Å². The minimum Gasteiger partial charge on any atom is -0.381 e. The second-order valence-electron chi connectivity index (χ2n) is 5.62. The molecule has 0 saturated heterocycles. The lowest BCUT2D eigenvalue weighted by Gasteiger charge is -2.11. The SMILES string of the molecule is CS(=O)(=O)c1ccc(NCc2ccccc2C2CC2)cc1. The van der Waals surface area contributed by atoms with E-state index >= 15 is 0 Å². The van der Waals surface area contributed by atoms with Crippen LogP contribution in [0.5, 0.6) is 0 Å². The van der Waals surface area contributed by atoms with Crippen molar-refractivity contribution in [2.45, 2.75) is 30.2 Å². The lowest BCUT2D eigenvalue weighted by atomic mass is 10.0. The van der Waals surface area contributed by atoms with Gasteiger partial charge in [-0.25, -0.2) is 8.42 Å². The number of sulfone groups is 1. The Morgan fingerprint density at radius 3 is 2.33 bits per heavy atom. The fourth-order valence-electron chi connectivity index (χ4n) is 2.51. The zero-order valence-corrected chi connectivity index (χ0v) is 12.9. The molecule has 1 fully saturated rings. The molecule has 1 aliphatic rings. The quantitative estimate of drug-likeness (QED) is 0.918. The second kappa shape index (κ2) is 5.53. The first-order valence-corrected chi connectivity index (χ1v) is 9.05. The van der Waals surface area contributed by atoms with E-state index in [-0.39, 0.29) is 0 Å². The molecular weight excluding hydrogens is 282 g/mol. The summed E-state index contributed by atoms with van der Waals surface area (Å²) in [6.45, 7) is 0.769. The summed E-state index contributed by atoms with van der Waals surface area (Å²) < 4.78 is 22.9. The molecule has 0 radical (unpaired) electrons. The number of hydrogen-bond donors (Lipinski definition) is 1. The highest BCUT2D eigenvalue weighted by Gasteiger charge is 2.25. The van der Waals surface area contributed by atoms with Gasteiger partial charge in [0.05, 0.1) is 4.90 Å². The van der Waals surface area contributed by atoms with Gasteiger partial charge >= 0.3 is 0 Å². The number of rotatable bonds is 5. The van der Waals surface area contributed by atoms with E-state index < -0.39 is 9.84 Å². The van der Waals surface area contributed by atoms with Crippen LogP contribution in [0.4, 0.5) is 5.69 Å². The summed E-state index contributed by atoms with van der Waals surface area (Å²) >= 11 is 0. The predicted molar refractivity (Wildman–Crippen MR) is 85.3 cm³/mol. The maximum atomic E-state index is 11.4. The molecule has 0 spiro atoms. The fourth-order valence-corrected chi connectivity index (χ4v) is 3.14. The van der Waals surface area contributed by atoms with Crippen molar-refractivity contribution in [3.63, 3.8) is 0 Å². The van der Waals surface area contributed by atoms with Gasteiger partial charge in [-0.1, -0.05) is 24.3 Å². The Balaban J connectivity index is 1.71. The highest BCUT2D eigenvalue weighted by atomic mass is 32.2. The number of nitrogens with one attached hydrogen (secondary N) is 1. The molecule has 0 unspecified atom stereocenters. The zero-order valence-electron chi connectivity index (χ0n) is 12.0. The molecule has 0 aromatic heterocycles. The summed E-state index contributed by atoms with van der Waals surface area (Å²) in [6, 6.07) is 15.4. The first-order valence-electron chi connectivity index (χ1n) is 7.16. The largest absolute Gasteiger partial charge is 0.381 e. The number of benzene rings is 2. The van der Waals surface area contributed by atoms with E-state index in [1.165, 1.54) is 30.2 Å². The molecule has 1 aliphatic carbocycles. The van der Waals surface area contributed by atoms with Crippen LogP contribution in [0.25, 0.3) is 0 Å². The van der Waals surface area contributed by atoms with Crippen molar-refractivity contribution in [1.82, 2.24) is 0 Å². The minimum atomic E-state index is -3.12. The Labute approximate surface area is 125 Å². The Morgan fingerprint density at radius 1 is 1.05 bits per heavy atom. The van der Waals surface area contributed by atoms with Crippen molar-refractivity contribution in [1.29, 1.82) is 0 Å². The van der Waals surface area contributed by atoms with E-state index in [0.29, 0.717) is 4.90 Å². The smallest absolute Gasteiger partial charge is 0.175 e. The molecule has 3 nitrogen and oxygen atoms in total. The summed E-state index contributed by atoms with van der Waals surface area (Å²) in [5.74, 6) is 0.732. The molecule has 2 aromatic carbocycles. The first kappa shape index (κ1) is 14.1. The van der Waals surface area contributed by atoms with Crippen molar-refractivity contribution < 1.29 is 8.42 Å². The fraction of sp³-hybridized carbons (Fsp3) is 0.294. The van der Waals surface area contributed by atoms with Gasteiger partial charge in [0.2, 0.25) is 0 Å². The summed E-state index contributed by atoms with van der Waals surface area (Å²) in [5.41, 5.74) is 3.71. The van der Waals surface area contributed by atoms with E-state index in [4.69, 9.17) is 0 Å². The van der Waals surface area contributed by atoms with Crippen molar-refractivity contribution >= 4 is 15.5 Å².